The highest BCUT2D eigenvalue weighted by atomic mass is 35.5. The van der Waals surface area contributed by atoms with Crippen molar-refractivity contribution in [3.05, 3.63) is 47.1 Å². The quantitative estimate of drug-likeness (QED) is 0.687. The molecule has 22 heavy (non-hydrogen) atoms. The number of benzene rings is 1. The summed E-state index contributed by atoms with van der Waals surface area (Å²) >= 11 is 7.28. The number of ether oxygens (including phenoxy) is 1. The van der Waals surface area contributed by atoms with Gasteiger partial charge in [0.25, 0.3) is 5.91 Å². The van der Waals surface area contributed by atoms with E-state index in [0.29, 0.717) is 27.0 Å². The molecule has 1 N–H and O–H groups in total. The Bertz CT molecular complexity index is 751. The Kier molecular flexibility index (Phi) is 4.31. The van der Waals surface area contributed by atoms with E-state index in [1.807, 2.05) is 0 Å². The molecule has 0 atom stereocenters. The molecule has 1 aliphatic rings. The smallest absolute Gasteiger partial charge is 0.262 e. The van der Waals surface area contributed by atoms with E-state index in [1.165, 1.54) is 11.8 Å². The lowest BCUT2D eigenvalue weighted by Gasteiger charge is -2.18. The van der Waals surface area contributed by atoms with Crippen LogP contribution in [0.25, 0.3) is 0 Å². The van der Waals surface area contributed by atoms with Crippen molar-refractivity contribution in [2.24, 2.45) is 0 Å². The number of nitrogens with zero attached hydrogens (tertiary/aromatic N) is 1. The van der Waals surface area contributed by atoms with Crippen LogP contribution in [-0.2, 0) is 4.79 Å². The largest absolute Gasteiger partial charge is 0.482 e. The number of carbonyl (C=O) groups is 2. The maximum atomic E-state index is 12.3. The first-order valence-corrected chi connectivity index (χ1v) is 7.83. The summed E-state index contributed by atoms with van der Waals surface area (Å²) in [6.07, 6.45) is 1.63. The zero-order chi connectivity index (χ0) is 15.5. The van der Waals surface area contributed by atoms with E-state index in [-0.39, 0.29) is 24.1 Å². The van der Waals surface area contributed by atoms with Gasteiger partial charge in [-0.2, -0.15) is 0 Å². The highest BCUT2D eigenvalue weighted by molar-refractivity contribution is 8.00. The number of halogens is 1. The van der Waals surface area contributed by atoms with Crippen LogP contribution >= 0.6 is 23.4 Å². The molecule has 1 amide bonds. The van der Waals surface area contributed by atoms with E-state index in [4.69, 9.17) is 16.3 Å². The maximum absolute atomic E-state index is 12.3. The minimum atomic E-state index is -0.230. The summed E-state index contributed by atoms with van der Waals surface area (Å²) < 4.78 is 5.26. The van der Waals surface area contributed by atoms with Crippen LogP contribution in [0, 0.1) is 0 Å². The van der Waals surface area contributed by atoms with Gasteiger partial charge in [0.1, 0.15) is 10.8 Å². The lowest BCUT2D eigenvalue weighted by Crippen LogP contribution is -2.25. The molecule has 1 aromatic heterocycles. The van der Waals surface area contributed by atoms with Gasteiger partial charge in [-0.25, -0.2) is 4.98 Å². The van der Waals surface area contributed by atoms with Crippen molar-refractivity contribution in [2.75, 3.05) is 17.7 Å². The Labute approximate surface area is 136 Å². The van der Waals surface area contributed by atoms with Crippen LogP contribution < -0.4 is 10.1 Å². The summed E-state index contributed by atoms with van der Waals surface area (Å²) in [5.74, 6) is 0.474. The molecule has 2 heterocycles. The number of anilines is 1. The molecular formula is C15H11ClN2O3S. The average Bonchev–Trinajstić information content (AvgIpc) is 2.53. The highest BCUT2D eigenvalue weighted by Gasteiger charge is 2.18. The maximum Gasteiger partial charge on any atom is 0.262 e. The number of pyridine rings is 1. The number of hydrogen-bond donors (Lipinski definition) is 1. The van der Waals surface area contributed by atoms with Crippen molar-refractivity contribution in [1.82, 2.24) is 4.98 Å². The third kappa shape index (κ3) is 3.23. The standard InChI is InChI=1S/C15H11ClN2O3S/c16-10-2-1-5-17-15(10)22-8-12(19)9-3-4-13-11(6-9)18-14(20)7-21-13/h1-6H,7-8H2,(H,18,20). The fourth-order valence-electron chi connectivity index (χ4n) is 1.95. The predicted octanol–water partition coefficient (Wildman–Crippen LogP) is 3.04. The van der Waals surface area contributed by atoms with E-state index in [2.05, 4.69) is 10.3 Å². The molecule has 0 unspecified atom stereocenters. The van der Waals surface area contributed by atoms with Gasteiger partial charge in [0, 0.05) is 11.8 Å². The van der Waals surface area contributed by atoms with Gasteiger partial charge < -0.3 is 10.1 Å². The minimum absolute atomic E-state index is 0.00563. The zero-order valence-electron chi connectivity index (χ0n) is 11.3. The summed E-state index contributed by atoms with van der Waals surface area (Å²) in [5.41, 5.74) is 1.02. The first kappa shape index (κ1) is 14.9. The molecule has 2 aromatic rings. The third-order valence-electron chi connectivity index (χ3n) is 3.00. The molecule has 0 saturated carbocycles. The number of ketones is 1. The fraction of sp³-hybridized carbons (Fsp3) is 0.133. The molecule has 5 nitrogen and oxygen atoms in total. The van der Waals surface area contributed by atoms with Crippen LogP contribution in [0.5, 0.6) is 5.75 Å². The first-order chi connectivity index (χ1) is 10.6. The van der Waals surface area contributed by atoms with E-state index in [0.717, 1.165) is 0 Å². The molecule has 0 fully saturated rings. The van der Waals surface area contributed by atoms with E-state index < -0.39 is 0 Å². The van der Waals surface area contributed by atoms with Crippen LogP contribution in [0.3, 0.4) is 0 Å². The summed E-state index contributed by atoms with van der Waals surface area (Å²) in [4.78, 5) is 27.7. The molecule has 0 spiro atoms. The van der Waals surface area contributed by atoms with Crippen molar-refractivity contribution < 1.29 is 14.3 Å². The van der Waals surface area contributed by atoms with Crippen LogP contribution in [0.4, 0.5) is 5.69 Å². The number of thioether (sulfide) groups is 1. The molecule has 0 bridgehead atoms. The lowest BCUT2D eigenvalue weighted by molar-refractivity contribution is -0.118. The molecular weight excluding hydrogens is 324 g/mol. The van der Waals surface area contributed by atoms with Gasteiger partial charge in [-0.05, 0) is 30.3 Å². The number of rotatable bonds is 4. The van der Waals surface area contributed by atoms with Gasteiger partial charge in [-0.1, -0.05) is 23.4 Å². The van der Waals surface area contributed by atoms with Crippen LogP contribution in [-0.4, -0.2) is 29.0 Å². The lowest BCUT2D eigenvalue weighted by atomic mass is 10.1. The number of Topliss-reactive ketones (excluding diaryl/α,β-unsaturated/α-hetero) is 1. The summed E-state index contributed by atoms with van der Waals surface area (Å²) in [6, 6.07) is 8.45. The Hall–Kier alpha value is -2.05. The van der Waals surface area contributed by atoms with E-state index in [1.54, 1.807) is 36.5 Å². The number of amides is 1. The number of aromatic nitrogens is 1. The van der Waals surface area contributed by atoms with Crippen LogP contribution in [0.1, 0.15) is 10.4 Å². The van der Waals surface area contributed by atoms with Gasteiger partial charge in [-0.15, -0.1) is 0 Å². The number of fused-ring (bicyclic) bond motifs is 1. The van der Waals surface area contributed by atoms with Crippen molar-refractivity contribution in [3.8, 4) is 5.75 Å². The van der Waals surface area contributed by atoms with E-state index >= 15 is 0 Å². The third-order valence-corrected chi connectivity index (χ3v) is 4.42. The molecule has 1 aliphatic heterocycles. The van der Waals surface area contributed by atoms with Gasteiger partial charge in [0.2, 0.25) is 0 Å². The van der Waals surface area contributed by atoms with Crippen molar-refractivity contribution in [1.29, 1.82) is 0 Å². The second kappa shape index (κ2) is 6.37. The summed E-state index contributed by atoms with van der Waals surface area (Å²) in [6.45, 7) is -0.00563. The first-order valence-electron chi connectivity index (χ1n) is 6.47. The summed E-state index contributed by atoms with van der Waals surface area (Å²) in [5, 5.41) is 3.82. The second-order valence-electron chi connectivity index (χ2n) is 4.55. The number of nitrogens with one attached hydrogen (secondary N) is 1. The topological polar surface area (TPSA) is 68.3 Å². The molecule has 0 aliphatic carbocycles. The highest BCUT2D eigenvalue weighted by Crippen LogP contribution is 2.30. The van der Waals surface area contributed by atoms with Crippen molar-refractivity contribution in [3.63, 3.8) is 0 Å². The predicted molar refractivity (Wildman–Crippen MR) is 84.9 cm³/mol. The van der Waals surface area contributed by atoms with E-state index in [9.17, 15) is 9.59 Å². The van der Waals surface area contributed by atoms with Crippen LogP contribution in [0.15, 0.2) is 41.6 Å². The van der Waals surface area contributed by atoms with Gasteiger partial charge in [-0.3, -0.25) is 9.59 Å². The number of carbonyl (C=O) groups excluding carboxylic acids is 2. The fourth-order valence-corrected chi connectivity index (χ4v) is 3.01. The van der Waals surface area contributed by atoms with Crippen molar-refractivity contribution >= 4 is 40.7 Å². The Morgan fingerprint density at radius 1 is 1.41 bits per heavy atom. The second-order valence-corrected chi connectivity index (χ2v) is 5.92. The molecule has 1 aromatic carbocycles. The normalized spacial score (nSPS) is 13.0. The minimum Gasteiger partial charge on any atom is -0.482 e. The molecule has 3 rings (SSSR count). The number of hydrogen-bond acceptors (Lipinski definition) is 5. The molecule has 0 radical (unpaired) electrons. The SMILES string of the molecule is O=C1COc2ccc(C(=O)CSc3ncccc3Cl)cc2N1. The Morgan fingerprint density at radius 3 is 3.09 bits per heavy atom. The van der Waals surface area contributed by atoms with Gasteiger partial charge >= 0.3 is 0 Å². The average molecular weight is 335 g/mol. The molecule has 0 saturated heterocycles. The Morgan fingerprint density at radius 2 is 2.27 bits per heavy atom. The monoisotopic (exact) mass is 334 g/mol. The zero-order valence-corrected chi connectivity index (χ0v) is 12.9. The van der Waals surface area contributed by atoms with Gasteiger partial charge in [0.15, 0.2) is 12.4 Å². The van der Waals surface area contributed by atoms with Gasteiger partial charge in [0.05, 0.1) is 16.5 Å². The Balaban J connectivity index is 1.72. The molecule has 112 valence electrons. The molecule has 7 heteroatoms. The summed E-state index contributed by atoms with van der Waals surface area (Å²) in [7, 11) is 0. The van der Waals surface area contributed by atoms with Crippen LogP contribution in [0.2, 0.25) is 5.02 Å². The van der Waals surface area contributed by atoms with Crippen molar-refractivity contribution in [2.45, 2.75) is 5.03 Å².